The van der Waals surface area contributed by atoms with Crippen molar-refractivity contribution in [2.75, 3.05) is 13.2 Å². The molecule has 2 unspecified atom stereocenters. The Hall–Kier alpha value is -2.60. The van der Waals surface area contributed by atoms with Crippen LogP contribution in [0.5, 0.6) is 5.88 Å². The Morgan fingerprint density at radius 1 is 1.32 bits per heavy atom. The number of urea groups is 1. The van der Waals surface area contributed by atoms with E-state index in [9.17, 15) is 27.9 Å². The topological polar surface area (TPSA) is 127 Å². The molecule has 1 saturated heterocycles. The van der Waals surface area contributed by atoms with E-state index >= 15 is 0 Å². The van der Waals surface area contributed by atoms with Crippen molar-refractivity contribution in [3.63, 3.8) is 0 Å². The maximum absolute atomic E-state index is 12.3. The van der Waals surface area contributed by atoms with Crippen molar-refractivity contribution in [1.82, 2.24) is 15.2 Å². The zero-order valence-corrected chi connectivity index (χ0v) is 16.7. The summed E-state index contributed by atoms with van der Waals surface area (Å²) in [5.74, 6) is -0.477. The van der Waals surface area contributed by atoms with Crippen LogP contribution in [0.15, 0.2) is 18.3 Å². The summed E-state index contributed by atoms with van der Waals surface area (Å²) in [6, 6.07) is 1.71. The lowest BCUT2D eigenvalue weighted by molar-refractivity contribution is -0.174. The highest BCUT2D eigenvalue weighted by atomic mass is 19.4. The van der Waals surface area contributed by atoms with Gasteiger partial charge in [0.25, 0.3) is 5.91 Å². The van der Waals surface area contributed by atoms with Crippen molar-refractivity contribution >= 4 is 11.9 Å². The van der Waals surface area contributed by atoms with E-state index in [0.29, 0.717) is 25.7 Å². The quantitative estimate of drug-likeness (QED) is 0.520. The van der Waals surface area contributed by atoms with Crippen LogP contribution < -0.4 is 15.8 Å². The maximum Gasteiger partial charge on any atom is 0.411 e. The summed E-state index contributed by atoms with van der Waals surface area (Å²) < 4.78 is 46.8. The number of nitrogens with two attached hydrogens (primary N) is 1. The zero-order valence-electron chi connectivity index (χ0n) is 16.7. The predicted octanol–water partition coefficient (Wildman–Crippen LogP) is 1.55. The van der Waals surface area contributed by atoms with Gasteiger partial charge in [-0.3, -0.25) is 9.69 Å². The van der Waals surface area contributed by atoms with Crippen LogP contribution in [0.2, 0.25) is 0 Å². The largest absolute Gasteiger partial charge is 0.474 e. The van der Waals surface area contributed by atoms with Crippen LogP contribution in [0.3, 0.4) is 0 Å². The number of carbonyl (C=O) groups excluding carboxylic acids is 2. The molecule has 3 amide bonds. The van der Waals surface area contributed by atoms with Gasteiger partial charge in [-0.1, -0.05) is 0 Å². The minimum absolute atomic E-state index is 0.0630. The van der Waals surface area contributed by atoms with Gasteiger partial charge in [-0.25, -0.2) is 9.78 Å². The molecule has 2 heterocycles. The molecule has 1 aliphatic carbocycles. The number of hydrogen-bond donors (Lipinski definition) is 3. The number of aromatic nitrogens is 1. The number of nitrogens with one attached hydrogen (secondary N) is 1. The highest BCUT2D eigenvalue weighted by molar-refractivity contribution is 5.94. The van der Waals surface area contributed by atoms with Crippen LogP contribution in [0, 0.1) is 0 Å². The first-order chi connectivity index (χ1) is 14.7. The van der Waals surface area contributed by atoms with Crippen LogP contribution >= 0.6 is 0 Å². The number of aliphatic hydroxyl groups excluding tert-OH is 1. The molecular formula is C19H25F3N4O5. The molecule has 31 heavy (non-hydrogen) atoms. The number of pyridine rings is 1. The van der Waals surface area contributed by atoms with E-state index in [-0.39, 0.29) is 36.6 Å². The van der Waals surface area contributed by atoms with Crippen molar-refractivity contribution in [3.05, 3.63) is 23.9 Å². The van der Waals surface area contributed by atoms with Crippen LogP contribution in [0.4, 0.5) is 18.0 Å². The van der Waals surface area contributed by atoms with Crippen LogP contribution in [0.25, 0.3) is 0 Å². The minimum atomic E-state index is -4.42. The van der Waals surface area contributed by atoms with Crippen molar-refractivity contribution in [3.8, 4) is 5.88 Å². The third kappa shape index (κ3) is 5.97. The highest BCUT2D eigenvalue weighted by Gasteiger charge is 2.43. The van der Waals surface area contributed by atoms with E-state index in [1.54, 1.807) is 6.07 Å². The molecule has 3 rings (SSSR count). The molecule has 1 saturated carbocycles. The van der Waals surface area contributed by atoms with Crippen LogP contribution in [0.1, 0.15) is 42.5 Å². The Labute approximate surface area is 176 Å². The second-order valence-electron chi connectivity index (χ2n) is 7.60. The van der Waals surface area contributed by atoms with Gasteiger partial charge in [-0.15, -0.1) is 0 Å². The molecule has 2 atom stereocenters. The van der Waals surface area contributed by atoms with Gasteiger partial charge in [0.05, 0.1) is 6.04 Å². The Kier molecular flexibility index (Phi) is 7.21. The van der Waals surface area contributed by atoms with E-state index in [4.69, 9.17) is 10.5 Å². The Bertz CT molecular complexity index is 786. The average molecular weight is 446 g/mol. The third-order valence-corrected chi connectivity index (χ3v) is 5.38. The number of aliphatic hydroxyl groups is 1. The summed E-state index contributed by atoms with van der Waals surface area (Å²) >= 11 is 0. The van der Waals surface area contributed by atoms with Crippen molar-refractivity contribution < 1.29 is 37.3 Å². The first kappa shape index (κ1) is 23.1. The smallest absolute Gasteiger partial charge is 0.411 e. The molecule has 1 aliphatic heterocycles. The highest BCUT2D eigenvalue weighted by Crippen LogP contribution is 2.30. The lowest BCUT2D eigenvalue weighted by atomic mass is 9.91. The number of nitrogens with zero attached hydrogens (tertiary/aromatic N) is 2. The lowest BCUT2D eigenvalue weighted by Gasteiger charge is -2.36. The van der Waals surface area contributed by atoms with Gasteiger partial charge in [0.2, 0.25) is 5.88 Å². The fourth-order valence-corrected chi connectivity index (χ4v) is 3.89. The molecule has 172 valence electrons. The maximum atomic E-state index is 12.3. The summed E-state index contributed by atoms with van der Waals surface area (Å²) in [5.41, 5.74) is 5.52. The van der Waals surface area contributed by atoms with Gasteiger partial charge >= 0.3 is 12.2 Å². The Morgan fingerprint density at radius 2 is 2.03 bits per heavy atom. The summed E-state index contributed by atoms with van der Waals surface area (Å²) in [6.07, 6.45) is -2.01. The number of rotatable bonds is 8. The summed E-state index contributed by atoms with van der Waals surface area (Å²) in [6.45, 7) is -1.60. The number of primary amides is 1. The van der Waals surface area contributed by atoms with Gasteiger partial charge in [0.15, 0.2) is 6.23 Å². The van der Waals surface area contributed by atoms with Gasteiger partial charge in [-0.2, -0.15) is 13.2 Å². The van der Waals surface area contributed by atoms with E-state index < -0.39 is 37.0 Å². The first-order valence-corrected chi connectivity index (χ1v) is 9.98. The number of halogens is 3. The summed E-state index contributed by atoms with van der Waals surface area (Å²) in [4.78, 5) is 29.2. The fraction of sp³-hybridized carbons (Fsp3) is 0.632. The van der Waals surface area contributed by atoms with E-state index in [0.717, 1.165) is 0 Å². The zero-order chi connectivity index (χ0) is 22.6. The first-order valence-electron chi connectivity index (χ1n) is 9.98. The molecule has 12 heteroatoms. The van der Waals surface area contributed by atoms with E-state index in [2.05, 4.69) is 15.0 Å². The van der Waals surface area contributed by atoms with Crippen molar-refractivity contribution in [1.29, 1.82) is 0 Å². The molecule has 2 aliphatic rings. The van der Waals surface area contributed by atoms with Crippen LogP contribution in [-0.4, -0.2) is 70.7 Å². The monoisotopic (exact) mass is 446 g/mol. The molecule has 2 fully saturated rings. The number of ether oxygens (including phenoxy) is 2. The fourth-order valence-electron chi connectivity index (χ4n) is 3.89. The minimum Gasteiger partial charge on any atom is -0.474 e. The molecule has 0 radical (unpaired) electrons. The van der Waals surface area contributed by atoms with Crippen molar-refractivity contribution in [2.24, 2.45) is 5.73 Å². The summed E-state index contributed by atoms with van der Waals surface area (Å²) in [5, 5.41) is 13.1. The molecule has 0 aromatic carbocycles. The molecule has 4 N–H and O–H groups in total. The number of alkyl halides is 3. The Balaban J connectivity index is 1.49. The molecule has 1 aromatic heterocycles. The van der Waals surface area contributed by atoms with Crippen LogP contribution in [-0.2, 0) is 4.74 Å². The standard InChI is InChI=1S/C19H25F3N4O5/c20-19(21,22)10-30-9-7-14-17(28)26(18(29)25-14)11-3-5-12(6-4-11)31-16-13(15(23)27)2-1-8-24-16/h1-2,8,11-12,14,17,28H,3-7,9-10H2,(H2,23,27)(H,25,29)/t11-,12-,14?,17?. The number of carbonyl (C=O) groups is 2. The third-order valence-electron chi connectivity index (χ3n) is 5.38. The summed E-state index contributed by atoms with van der Waals surface area (Å²) in [7, 11) is 0. The van der Waals surface area contributed by atoms with Gasteiger partial charge in [0, 0.05) is 18.8 Å². The lowest BCUT2D eigenvalue weighted by Crippen LogP contribution is -2.46. The molecule has 1 aromatic rings. The van der Waals surface area contributed by atoms with E-state index in [1.807, 2.05) is 0 Å². The second-order valence-corrected chi connectivity index (χ2v) is 7.60. The Morgan fingerprint density at radius 3 is 2.68 bits per heavy atom. The number of hydrogen-bond acceptors (Lipinski definition) is 6. The normalized spacial score (nSPS) is 26.6. The average Bonchev–Trinajstić information content (AvgIpc) is 2.99. The van der Waals surface area contributed by atoms with Gasteiger partial charge in [0.1, 0.15) is 18.3 Å². The molecule has 0 bridgehead atoms. The molecular weight excluding hydrogens is 421 g/mol. The molecule has 9 nitrogen and oxygen atoms in total. The van der Waals surface area contributed by atoms with E-state index in [1.165, 1.54) is 17.2 Å². The van der Waals surface area contributed by atoms with Crippen molar-refractivity contribution in [2.45, 2.75) is 62.7 Å². The SMILES string of the molecule is NC(=O)c1cccnc1O[C@H]1CC[C@H](N2C(=O)NC(CCOCC(F)(F)F)C2O)CC1. The molecule has 0 spiro atoms. The van der Waals surface area contributed by atoms with Gasteiger partial charge in [-0.05, 0) is 44.2 Å². The van der Waals surface area contributed by atoms with Gasteiger partial charge < -0.3 is 25.6 Å². The predicted molar refractivity (Wildman–Crippen MR) is 101 cm³/mol. The number of amides is 3. The second kappa shape index (κ2) is 9.69.